The van der Waals surface area contributed by atoms with Gasteiger partial charge in [-0.1, -0.05) is 18.2 Å². The SMILES string of the molecule is CC(OC(=O)c1n[nH]c(=O)c2ccccc12)C(=O)N1CCN(c2ncccn2)CC1. The monoisotopic (exact) mass is 408 g/mol. The van der Waals surface area contributed by atoms with Crippen LogP contribution in [0.3, 0.4) is 0 Å². The topological polar surface area (TPSA) is 121 Å². The average molecular weight is 408 g/mol. The molecule has 0 bridgehead atoms. The van der Waals surface area contributed by atoms with Crippen molar-refractivity contribution in [3.8, 4) is 0 Å². The van der Waals surface area contributed by atoms with Crippen LogP contribution in [0.5, 0.6) is 0 Å². The number of nitrogens with zero attached hydrogens (tertiary/aromatic N) is 5. The average Bonchev–Trinajstić information content (AvgIpc) is 2.79. The molecule has 0 aliphatic carbocycles. The van der Waals surface area contributed by atoms with Crippen molar-refractivity contribution < 1.29 is 14.3 Å². The number of carbonyl (C=O) groups excluding carboxylic acids is 2. The van der Waals surface area contributed by atoms with Gasteiger partial charge in [-0.25, -0.2) is 19.9 Å². The molecule has 1 unspecified atom stereocenters. The first-order valence-electron chi connectivity index (χ1n) is 9.54. The molecule has 1 aromatic carbocycles. The number of esters is 1. The molecule has 1 saturated heterocycles. The summed E-state index contributed by atoms with van der Waals surface area (Å²) in [5.74, 6) is -0.426. The number of rotatable bonds is 4. The summed E-state index contributed by atoms with van der Waals surface area (Å²) in [6.45, 7) is 3.64. The van der Waals surface area contributed by atoms with Gasteiger partial charge in [0, 0.05) is 44.0 Å². The smallest absolute Gasteiger partial charge is 0.360 e. The third kappa shape index (κ3) is 3.84. The van der Waals surface area contributed by atoms with E-state index in [4.69, 9.17) is 4.74 Å². The number of benzene rings is 1. The number of amides is 1. The van der Waals surface area contributed by atoms with Crippen LogP contribution < -0.4 is 10.5 Å². The number of ether oxygens (including phenoxy) is 1. The molecule has 2 aromatic heterocycles. The summed E-state index contributed by atoms with van der Waals surface area (Å²) in [7, 11) is 0. The normalized spacial score (nSPS) is 15.1. The number of hydrogen-bond donors (Lipinski definition) is 1. The van der Waals surface area contributed by atoms with E-state index in [9.17, 15) is 14.4 Å². The second-order valence-electron chi connectivity index (χ2n) is 6.86. The van der Waals surface area contributed by atoms with E-state index in [1.807, 2.05) is 4.90 Å². The highest BCUT2D eigenvalue weighted by atomic mass is 16.5. The van der Waals surface area contributed by atoms with Gasteiger partial charge in [-0.2, -0.15) is 5.10 Å². The van der Waals surface area contributed by atoms with Crippen molar-refractivity contribution >= 4 is 28.6 Å². The van der Waals surface area contributed by atoms with Crippen molar-refractivity contribution in [3.05, 3.63) is 58.8 Å². The zero-order valence-corrected chi connectivity index (χ0v) is 16.3. The molecule has 30 heavy (non-hydrogen) atoms. The molecule has 0 saturated carbocycles. The molecule has 154 valence electrons. The molecule has 1 aliphatic rings. The minimum absolute atomic E-state index is 0.0316. The molecule has 10 nitrogen and oxygen atoms in total. The van der Waals surface area contributed by atoms with Crippen molar-refractivity contribution in [2.24, 2.45) is 0 Å². The molecule has 1 N–H and O–H groups in total. The quantitative estimate of drug-likeness (QED) is 0.623. The van der Waals surface area contributed by atoms with Crippen molar-refractivity contribution in [2.75, 3.05) is 31.1 Å². The van der Waals surface area contributed by atoms with E-state index in [1.165, 1.54) is 6.92 Å². The fourth-order valence-corrected chi connectivity index (χ4v) is 3.38. The molecule has 1 fully saturated rings. The van der Waals surface area contributed by atoms with Gasteiger partial charge in [-0.05, 0) is 19.1 Å². The second-order valence-corrected chi connectivity index (χ2v) is 6.86. The van der Waals surface area contributed by atoms with E-state index in [0.717, 1.165) is 0 Å². The fraction of sp³-hybridized carbons (Fsp3) is 0.300. The van der Waals surface area contributed by atoms with Crippen LogP contribution in [0.15, 0.2) is 47.5 Å². The summed E-state index contributed by atoms with van der Waals surface area (Å²) >= 11 is 0. The minimum Gasteiger partial charge on any atom is -0.448 e. The Balaban J connectivity index is 1.40. The summed E-state index contributed by atoms with van der Waals surface area (Å²) in [5.41, 5.74) is -0.428. The molecule has 4 rings (SSSR count). The number of carbonyl (C=O) groups is 2. The summed E-state index contributed by atoms with van der Waals surface area (Å²) in [6, 6.07) is 8.35. The van der Waals surface area contributed by atoms with Crippen LogP contribution in [0.1, 0.15) is 17.4 Å². The Morgan fingerprint density at radius 2 is 1.70 bits per heavy atom. The number of fused-ring (bicyclic) bond motifs is 1. The molecular weight excluding hydrogens is 388 g/mol. The highest BCUT2D eigenvalue weighted by Crippen LogP contribution is 2.15. The van der Waals surface area contributed by atoms with Crippen LogP contribution in [0, 0.1) is 0 Å². The van der Waals surface area contributed by atoms with Crippen LogP contribution in [-0.2, 0) is 9.53 Å². The number of piperazine rings is 1. The highest BCUT2D eigenvalue weighted by Gasteiger charge is 2.29. The van der Waals surface area contributed by atoms with E-state index in [1.54, 1.807) is 47.6 Å². The van der Waals surface area contributed by atoms with Crippen LogP contribution in [-0.4, -0.2) is 69.2 Å². The van der Waals surface area contributed by atoms with Crippen molar-refractivity contribution in [3.63, 3.8) is 0 Å². The zero-order valence-electron chi connectivity index (χ0n) is 16.3. The van der Waals surface area contributed by atoms with Crippen LogP contribution in [0.2, 0.25) is 0 Å². The van der Waals surface area contributed by atoms with E-state index >= 15 is 0 Å². The lowest BCUT2D eigenvalue weighted by Crippen LogP contribution is -2.52. The first-order valence-corrected chi connectivity index (χ1v) is 9.54. The molecule has 10 heteroatoms. The van der Waals surface area contributed by atoms with Gasteiger partial charge in [0.05, 0.1) is 5.39 Å². The van der Waals surface area contributed by atoms with E-state index in [-0.39, 0.29) is 11.6 Å². The van der Waals surface area contributed by atoms with E-state index in [2.05, 4.69) is 20.2 Å². The summed E-state index contributed by atoms with van der Waals surface area (Å²) in [5, 5.41) is 6.82. The van der Waals surface area contributed by atoms with Gasteiger partial charge in [-0.3, -0.25) is 9.59 Å². The first-order chi connectivity index (χ1) is 14.5. The van der Waals surface area contributed by atoms with Gasteiger partial charge in [0.1, 0.15) is 0 Å². The molecule has 1 atom stereocenters. The largest absolute Gasteiger partial charge is 0.448 e. The van der Waals surface area contributed by atoms with Crippen LogP contribution in [0.25, 0.3) is 10.8 Å². The Morgan fingerprint density at radius 1 is 1.03 bits per heavy atom. The Morgan fingerprint density at radius 3 is 2.40 bits per heavy atom. The molecule has 0 radical (unpaired) electrons. The highest BCUT2D eigenvalue weighted by molar-refractivity contribution is 6.02. The molecule has 3 aromatic rings. The molecule has 1 aliphatic heterocycles. The predicted octanol–water partition coefficient (Wildman–Crippen LogP) is 0.607. The third-order valence-electron chi connectivity index (χ3n) is 4.95. The Kier molecular flexibility index (Phi) is 5.38. The van der Waals surface area contributed by atoms with Crippen molar-refractivity contribution in [1.29, 1.82) is 0 Å². The number of H-pyrrole nitrogens is 1. The van der Waals surface area contributed by atoms with Crippen LogP contribution in [0.4, 0.5) is 5.95 Å². The van der Waals surface area contributed by atoms with Gasteiger partial charge in [0.2, 0.25) is 5.95 Å². The van der Waals surface area contributed by atoms with Crippen molar-refractivity contribution in [1.82, 2.24) is 25.1 Å². The number of aromatic nitrogens is 4. The molecule has 1 amide bonds. The Hall–Kier alpha value is -3.82. The zero-order chi connectivity index (χ0) is 21.1. The maximum atomic E-state index is 12.7. The predicted molar refractivity (Wildman–Crippen MR) is 108 cm³/mol. The first kappa shape index (κ1) is 19.5. The van der Waals surface area contributed by atoms with E-state index in [0.29, 0.717) is 42.9 Å². The number of aromatic amines is 1. The minimum atomic E-state index is -0.982. The second kappa shape index (κ2) is 8.27. The molecular formula is C20H20N6O4. The van der Waals surface area contributed by atoms with Gasteiger partial charge in [-0.15, -0.1) is 0 Å². The lowest BCUT2D eigenvalue weighted by molar-refractivity contribution is -0.140. The Labute approximate surface area is 171 Å². The maximum absolute atomic E-state index is 12.7. The van der Waals surface area contributed by atoms with Gasteiger partial charge < -0.3 is 14.5 Å². The summed E-state index contributed by atoms with van der Waals surface area (Å²) in [4.78, 5) is 49.3. The standard InChI is InChI=1S/C20H20N6O4/c1-13(18(28)25-9-11-26(12-10-25)20-21-7-4-8-22-20)30-19(29)16-14-5-2-3-6-15(14)17(27)24-23-16/h2-8,13H,9-12H2,1H3,(H,24,27). The summed E-state index contributed by atoms with van der Waals surface area (Å²) in [6.07, 6.45) is 2.37. The lowest BCUT2D eigenvalue weighted by Gasteiger charge is -2.35. The van der Waals surface area contributed by atoms with E-state index < -0.39 is 17.6 Å². The number of nitrogens with one attached hydrogen (secondary N) is 1. The fourth-order valence-electron chi connectivity index (χ4n) is 3.38. The van der Waals surface area contributed by atoms with Crippen LogP contribution >= 0.6 is 0 Å². The molecule has 3 heterocycles. The van der Waals surface area contributed by atoms with Crippen molar-refractivity contribution in [2.45, 2.75) is 13.0 Å². The maximum Gasteiger partial charge on any atom is 0.360 e. The lowest BCUT2D eigenvalue weighted by atomic mass is 10.1. The third-order valence-corrected chi connectivity index (χ3v) is 4.95. The Bertz CT molecular complexity index is 1120. The van der Waals surface area contributed by atoms with Gasteiger partial charge in [0.15, 0.2) is 11.8 Å². The summed E-state index contributed by atoms with van der Waals surface area (Å²) < 4.78 is 5.36. The van der Waals surface area contributed by atoms with Gasteiger partial charge >= 0.3 is 5.97 Å². The number of anilines is 1. The van der Waals surface area contributed by atoms with Gasteiger partial charge in [0.25, 0.3) is 11.5 Å². The number of hydrogen-bond acceptors (Lipinski definition) is 8. The molecule has 0 spiro atoms.